The second kappa shape index (κ2) is 5.52. The molecule has 0 aliphatic rings. The Labute approximate surface area is 70.3 Å². The molecule has 0 aromatic rings. The van der Waals surface area contributed by atoms with Crippen molar-refractivity contribution in [2.75, 3.05) is 0 Å². The number of rotatable bonds is 4. The quantitative estimate of drug-likeness (QED) is 0.693. The summed E-state index contributed by atoms with van der Waals surface area (Å²) in [5.41, 5.74) is 0. The molecule has 10 heavy (non-hydrogen) atoms. The van der Waals surface area contributed by atoms with Crippen LogP contribution in [-0.2, 0) is 0 Å². The van der Waals surface area contributed by atoms with E-state index in [1.807, 2.05) is 0 Å². The van der Waals surface area contributed by atoms with Gasteiger partial charge < -0.3 is 5.11 Å². The van der Waals surface area contributed by atoms with Gasteiger partial charge in [0.25, 0.3) is 0 Å². The summed E-state index contributed by atoms with van der Waals surface area (Å²) in [6.45, 7) is 3.64. The summed E-state index contributed by atoms with van der Waals surface area (Å²) in [6.07, 6.45) is 6.52. The number of aliphatic hydroxyl groups is 1. The van der Waals surface area contributed by atoms with E-state index in [4.69, 9.17) is 11.5 Å². The fraction of sp³-hybridized carbons (Fsp3) is 0.500. The summed E-state index contributed by atoms with van der Waals surface area (Å²) in [5, 5.41) is 9.09. The van der Waals surface area contributed by atoms with E-state index in [9.17, 15) is 0 Å². The highest BCUT2D eigenvalue weighted by Crippen LogP contribution is 2.12. The van der Waals surface area contributed by atoms with Gasteiger partial charge in [-0.05, 0) is 17.3 Å². The number of halogens is 1. The average molecular weight is 203 g/mol. The molecule has 0 fully saturated rings. The Morgan fingerprint density at radius 3 is 2.80 bits per heavy atom. The van der Waals surface area contributed by atoms with Crippen LogP contribution in [-0.4, -0.2) is 11.2 Å². The third kappa shape index (κ3) is 5.87. The highest BCUT2D eigenvalue weighted by atomic mass is 79.9. The number of allylic oxidation sites excluding steroid dienone is 1. The Morgan fingerprint density at radius 1 is 1.80 bits per heavy atom. The molecule has 0 aliphatic heterocycles. The van der Waals surface area contributed by atoms with Gasteiger partial charge in [0.15, 0.2) is 0 Å². The van der Waals surface area contributed by atoms with Gasteiger partial charge in [0.2, 0.25) is 0 Å². The zero-order chi connectivity index (χ0) is 7.98. The molecular weight excluding hydrogens is 192 g/mol. The monoisotopic (exact) mass is 202 g/mol. The molecule has 0 heterocycles. The van der Waals surface area contributed by atoms with Gasteiger partial charge in [-0.2, -0.15) is 0 Å². The lowest BCUT2D eigenvalue weighted by atomic mass is 10.1. The second-order valence-corrected chi connectivity index (χ2v) is 3.24. The van der Waals surface area contributed by atoms with E-state index < -0.39 is 0 Å². The first-order valence-electron chi connectivity index (χ1n) is 3.11. The molecule has 2 heteroatoms. The molecule has 0 spiro atoms. The van der Waals surface area contributed by atoms with E-state index in [0.717, 1.165) is 10.9 Å². The summed E-state index contributed by atoms with van der Waals surface area (Å²) >= 11 is 3.20. The van der Waals surface area contributed by atoms with E-state index in [0.29, 0.717) is 12.8 Å². The van der Waals surface area contributed by atoms with Crippen LogP contribution in [0.15, 0.2) is 11.1 Å². The molecule has 0 saturated heterocycles. The summed E-state index contributed by atoms with van der Waals surface area (Å²) in [5.74, 6) is 2.40. The molecule has 0 aromatic carbocycles. The molecule has 56 valence electrons. The van der Waals surface area contributed by atoms with Crippen molar-refractivity contribution in [2.45, 2.75) is 25.4 Å². The standard InChI is InChI=1S/C8H11BrO/c1-3-4-8(10)6-5-7(2)9/h1,8,10H,2,4-6H2. The minimum atomic E-state index is -0.376. The number of aliphatic hydroxyl groups excluding tert-OH is 1. The predicted octanol–water partition coefficient (Wildman–Crippen LogP) is 2.06. The first-order valence-corrected chi connectivity index (χ1v) is 3.91. The minimum absolute atomic E-state index is 0.376. The average Bonchev–Trinajstić information content (AvgIpc) is 1.85. The van der Waals surface area contributed by atoms with Crippen LogP contribution < -0.4 is 0 Å². The predicted molar refractivity (Wildman–Crippen MR) is 46.8 cm³/mol. The van der Waals surface area contributed by atoms with Gasteiger partial charge in [0.1, 0.15) is 0 Å². The van der Waals surface area contributed by atoms with E-state index in [2.05, 4.69) is 28.4 Å². The Morgan fingerprint density at radius 2 is 2.40 bits per heavy atom. The van der Waals surface area contributed by atoms with Gasteiger partial charge in [-0.1, -0.05) is 22.5 Å². The molecule has 1 N–H and O–H groups in total. The largest absolute Gasteiger partial charge is 0.392 e. The highest BCUT2D eigenvalue weighted by Gasteiger charge is 2.00. The molecule has 0 aliphatic carbocycles. The Bertz CT molecular complexity index is 146. The van der Waals surface area contributed by atoms with Crippen LogP contribution in [0.3, 0.4) is 0 Å². The van der Waals surface area contributed by atoms with Crippen LogP contribution in [0.4, 0.5) is 0 Å². The Balaban J connectivity index is 3.32. The lowest BCUT2D eigenvalue weighted by Crippen LogP contribution is -2.03. The molecule has 0 aromatic heterocycles. The maximum atomic E-state index is 9.09. The van der Waals surface area contributed by atoms with Crippen molar-refractivity contribution < 1.29 is 5.11 Å². The third-order valence-corrected chi connectivity index (χ3v) is 1.50. The highest BCUT2D eigenvalue weighted by molar-refractivity contribution is 9.11. The van der Waals surface area contributed by atoms with Crippen LogP contribution in [0.5, 0.6) is 0 Å². The molecule has 0 bridgehead atoms. The molecule has 0 amide bonds. The maximum Gasteiger partial charge on any atom is 0.0652 e. The van der Waals surface area contributed by atoms with Crippen molar-refractivity contribution >= 4 is 15.9 Å². The third-order valence-electron chi connectivity index (χ3n) is 1.10. The summed E-state index contributed by atoms with van der Waals surface area (Å²) in [7, 11) is 0. The number of hydrogen-bond acceptors (Lipinski definition) is 1. The number of terminal acetylenes is 1. The second-order valence-electron chi connectivity index (χ2n) is 2.12. The van der Waals surface area contributed by atoms with Crippen LogP contribution >= 0.6 is 15.9 Å². The Kier molecular flexibility index (Phi) is 5.38. The van der Waals surface area contributed by atoms with Crippen molar-refractivity contribution in [3.05, 3.63) is 11.1 Å². The Hall–Kier alpha value is -0.260. The SMILES string of the molecule is C#CCC(O)CCC(=C)Br. The van der Waals surface area contributed by atoms with Crippen molar-refractivity contribution in [2.24, 2.45) is 0 Å². The van der Waals surface area contributed by atoms with Crippen LogP contribution in [0.2, 0.25) is 0 Å². The fourth-order valence-electron chi connectivity index (χ4n) is 0.561. The lowest BCUT2D eigenvalue weighted by molar-refractivity contribution is 0.171. The first-order chi connectivity index (χ1) is 4.66. The van der Waals surface area contributed by atoms with Gasteiger partial charge in [-0.25, -0.2) is 0 Å². The van der Waals surface area contributed by atoms with Gasteiger partial charge in [-0.3, -0.25) is 0 Å². The summed E-state index contributed by atoms with van der Waals surface area (Å²) in [6, 6.07) is 0. The smallest absolute Gasteiger partial charge is 0.0652 e. The van der Waals surface area contributed by atoms with E-state index in [-0.39, 0.29) is 6.10 Å². The van der Waals surface area contributed by atoms with Crippen molar-refractivity contribution in [1.29, 1.82) is 0 Å². The summed E-state index contributed by atoms with van der Waals surface area (Å²) < 4.78 is 0.906. The van der Waals surface area contributed by atoms with E-state index in [1.165, 1.54) is 0 Å². The van der Waals surface area contributed by atoms with E-state index >= 15 is 0 Å². The molecular formula is C8H11BrO. The lowest BCUT2D eigenvalue weighted by Gasteiger charge is -2.04. The van der Waals surface area contributed by atoms with Gasteiger partial charge >= 0.3 is 0 Å². The molecule has 1 nitrogen and oxygen atoms in total. The maximum absolute atomic E-state index is 9.09. The van der Waals surface area contributed by atoms with Crippen LogP contribution in [0.25, 0.3) is 0 Å². The zero-order valence-electron chi connectivity index (χ0n) is 5.81. The molecule has 1 atom stereocenters. The van der Waals surface area contributed by atoms with Crippen molar-refractivity contribution in [3.63, 3.8) is 0 Å². The normalized spacial score (nSPS) is 12.1. The molecule has 1 unspecified atom stereocenters. The fourth-order valence-corrected chi connectivity index (χ4v) is 0.790. The molecule has 0 radical (unpaired) electrons. The van der Waals surface area contributed by atoms with Gasteiger partial charge in [0.05, 0.1) is 6.10 Å². The van der Waals surface area contributed by atoms with E-state index in [1.54, 1.807) is 0 Å². The molecule has 0 rings (SSSR count). The van der Waals surface area contributed by atoms with Gasteiger partial charge in [-0.15, -0.1) is 12.3 Å². The van der Waals surface area contributed by atoms with Gasteiger partial charge in [0, 0.05) is 6.42 Å². The van der Waals surface area contributed by atoms with Crippen molar-refractivity contribution in [3.8, 4) is 12.3 Å². The zero-order valence-corrected chi connectivity index (χ0v) is 7.39. The van der Waals surface area contributed by atoms with Crippen LogP contribution in [0, 0.1) is 12.3 Å². The van der Waals surface area contributed by atoms with Crippen molar-refractivity contribution in [1.82, 2.24) is 0 Å². The van der Waals surface area contributed by atoms with Crippen LogP contribution in [0.1, 0.15) is 19.3 Å². The topological polar surface area (TPSA) is 20.2 Å². The number of hydrogen-bond donors (Lipinski definition) is 1. The summed E-state index contributed by atoms with van der Waals surface area (Å²) in [4.78, 5) is 0. The molecule has 0 saturated carbocycles. The first kappa shape index (κ1) is 9.74. The minimum Gasteiger partial charge on any atom is -0.392 e.